The molecule has 2 amide bonds. The fourth-order valence-corrected chi connectivity index (χ4v) is 4.09. The van der Waals surface area contributed by atoms with Crippen molar-refractivity contribution in [1.82, 2.24) is 0 Å². The molecule has 6 rings (SSSR count). The summed E-state index contributed by atoms with van der Waals surface area (Å²) in [7, 11) is 0. The standard InChI is InChI=1S/C16H11NO4.C9H4O5.C7H9N/c1-9-2-5-11(6-3-9)17-14(18)12-7-4-10(16(20)21)8-13(12)15(17)19;10-7(11)4-1-2-5-6(3-4)9(13)14-8(5)12;1-6-2-4-7(8)5-3-6/h2-8H,1H3,(H,20,21);1-3H,(H,10,11);2-5H,8H2,1H3. The van der Waals surface area contributed by atoms with Crippen LogP contribution in [0.2, 0.25) is 0 Å². The number of carbonyl (C=O) groups excluding carboxylic acids is 4. The molecule has 216 valence electrons. The molecule has 4 N–H and O–H groups in total. The summed E-state index contributed by atoms with van der Waals surface area (Å²) in [4.78, 5) is 69.3. The number of carbonyl (C=O) groups is 6. The molecule has 0 saturated heterocycles. The van der Waals surface area contributed by atoms with E-state index in [-0.39, 0.29) is 33.4 Å². The van der Waals surface area contributed by atoms with Crippen LogP contribution in [0, 0.1) is 13.8 Å². The number of carboxylic acid groups (broad SMARTS) is 2. The number of aromatic carboxylic acids is 2. The van der Waals surface area contributed by atoms with Crippen LogP contribution < -0.4 is 10.6 Å². The highest BCUT2D eigenvalue weighted by molar-refractivity contribution is 6.34. The van der Waals surface area contributed by atoms with Crippen LogP contribution in [0.15, 0.2) is 84.9 Å². The Hall–Kier alpha value is -6.10. The zero-order valence-corrected chi connectivity index (χ0v) is 22.9. The topological polar surface area (TPSA) is 181 Å². The van der Waals surface area contributed by atoms with Crippen molar-refractivity contribution in [2.45, 2.75) is 13.8 Å². The molecule has 0 saturated carbocycles. The van der Waals surface area contributed by atoms with Crippen molar-refractivity contribution in [3.05, 3.63) is 129 Å². The summed E-state index contributed by atoms with van der Waals surface area (Å²) in [6.45, 7) is 3.95. The summed E-state index contributed by atoms with van der Waals surface area (Å²) < 4.78 is 4.30. The Morgan fingerprint density at radius 2 is 1.05 bits per heavy atom. The maximum Gasteiger partial charge on any atom is 0.346 e. The fourth-order valence-electron chi connectivity index (χ4n) is 4.09. The number of carboxylic acids is 2. The van der Waals surface area contributed by atoms with Gasteiger partial charge < -0.3 is 20.7 Å². The van der Waals surface area contributed by atoms with Crippen LogP contribution in [0.25, 0.3) is 0 Å². The number of nitrogens with zero attached hydrogens (tertiary/aromatic N) is 1. The normalized spacial score (nSPS) is 12.7. The average Bonchev–Trinajstić information content (AvgIpc) is 3.41. The lowest BCUT2D eigenvalue weighted by Crippen LogP contribution is -2.29. The van der Waals surface area contributed by atoms with Gasteiger partial charge in [-0.15, -0.1) is 0 Å². The van der Waals surface area contributed by atoms with Gasteiger partial charge in [0.05, 0.1) is 39.1 Å². The first-order valence-electron chi connectivity index (χ1n) is 12.7. The second-order valence-electron chi connectivity index (χ2n) is 9.50. The highest BCUT2D eigenvalue weighted by atomic mass is 16.6. The number of nitrogens with two attached hydrogens (primary N) is 1. The van der Waals surface area contributed by atoms with E-state index >= 15 is 0 Å². The monoisotopic (exact) mass is 580 g/mol. The number of imide groups is 1. The van der Waals surface area contributed by atoms with Crippen molar-refractivity contribution in [2.75, 3.05) is 10.6 Å². The van der Waals surface area contributed by atoms with Crippen LogP contribution in [0.1, 0.15) is 73.3 Å². The van der Waals surface area contributed by atoms with Gasteiger partial charge in [0.15, 0.2) is 0 Å². The minimum atomic E-state index is -1.15. The number of benzene rings is 4. The molecule has 4 aromatic rings. The lowest BCUT2D eigenvalue weighted by atomic mass is 10.1. The van der Waals surface area contributed by atoms with Crippen LogP contribution in [-0.4, -0.2) is 45.9 Å². The van der Waals surface area contributed by atoms with Crippen LogP contribution in [0.4, 0.5) is 11.4 Å². The number of aryl methyl sites for hydroxylation is 2. The van der Waals surface area contributed by atoms with Crippen molar-refractivity contribution in [3.8, 4) is 0 Å². The number of nitrogen functional groups attached to an aromatic ring is 1. The Kier molecular flexibility index (Phi) is 8.47. The second kappa shape index (κ2) is 12.2. The first kappa shape index (κ1) is 29.9. The zero-order valence-electron chi connectivity index (χ0n) is 22.9. The van der Waals surface area contributed by atoms with Gasteiger partial charge in [0.25, 0.3) is 11.8 Å². The van der Waals surface area contributed by atoms with E-state index in [4.69, 9.17) is 15.9 Å². The van der Waals surface area contributed by atoms with Crippen molar-refractivity contribution >= 4 is 47.1 Å². The third-order valence-electron chi connectivity index (χ3n) is 6.39. The molecule has 4 aromatic carbocycles. The third kappa shape index (κ3) is 6.46. The minimum Gasteiger partial charge on any atom is -0.478 e. The smallest absolute Gasteiger partial charge is 0.346 e. The number of esters is 2. The van der Waals surface area contributed by atoms with Crippen LogP contribution >= 0.6 is 0 Å². The van der Waals surface area contributed by atoms with Crippen LogP contribution in [-0.2, 0) is 4.74 Å². The van der Waals surface area contributed by atoms with Gasteiger partial charge in [-0.2, -0.15) is 0 Å². The maximum absolute atomic E-state index is 12.4. The number of cyclic esters (lactones) is 2. The lowest BCUT2D eigenvalue weighted by Gasteiger charge is -2.13. The molecule has 0 unspecified atom stereocenters. The molecule has 0 spiro atoms. The molecule has 2 aliphatic heterocycles. The third-order valence-corrected chi connectivity index (χ3v) is 6.39. The molecular formula is C32H24N2O9. The summed E-state index contributed by atoms with van der Waals surface area (Å²) in [5, 5.41) is 17.6. The van der Waals surface area contributed by atoms with Crippen molar-refractivity contribution in [2.24, 2.45) is 0 Å². The van der Waals surface area contributed by atoms with E-state index in [1.807, 2.05) is 50.2 Å². The van der Waals surface area contributed by atoms with E-state index in [1.54, 1.807) is 12.1 Å². The lowest BCUT2D eigenvalue weighted by molar-refractivity contribution is 0.0442. The summed E-state index contributed by atoms with van der Waals surface area (Å²) in [5.74, 6) is -4.75. The number of rotatable bonds is 3. The van der Waals surface area contributed by atoms with Gasteiger partial charge in [0, 0.05) is 5.69 Å². The highest BCUT2D eigenvalue weighted by Gasteiger charge is 2.37. The van der Waals surface area contributed by atoms with Gasteiger partial charge >= 0.3 is 23.9 Å². The molecule has 0 aromatic heterocycles. The van der Waals surface area contributed by atoms with Gasteiger partial charge in [0.1, 0.15) is 0 Å². The van der Waals surface area contributed by atoms with Crippen molar-refractivity contribution < 1.29 is 43.7 Å². The highest BCUT2D eigenvalue weighted by Crippen LogP contribution is 2.29. The van der Waals surface area contributed by atoms with E-state index in [0.29, 0.717) is 5.69 Å². The second-order valence-corrected chi connectivity index (χ2v) is 9.50. The van der Waals surface area contributed by atoms with Gasteiger partial charge in [-0.25, -0.2) is 24.1 Å². The number of fused-ring (bicyclic) bond motifs is 2. The molecule has 2 heterocycles. The predicted octanol–water partition coefficient (Wildman–Crippen LogP) is 4.77. The van der Waals surface area contributed by atoms with Crippen molar-refractivity contribution in [1.29, 1.82) is 0 Å². The predicted molar refractivity (Wildman–Crippen MR) is 154 cm³/mol. The van der Waals surface area contributed by atoms with E-state index in [0.717, 1.165) is 22.2 Å². The molecule has 0 aliphatic carbocycles. The maximum atomic E-state index is 12.4. The molecule has 0 atom stereocenters. The number of hydrogen-bond acceptors (Lipinski definition) is 8. The number of anilines is 2. The molecule has 43 heavy (non-hydrogen) atoms. The first-order chi connectivity index (χ1) is 20.4. The Morgan fingerprint density at radius 1 is 0.605 bits per heavy atom. The van der Waals surface area contributed by atoms with Gasteiger partial charge in [0.2, 0.25) is 0 Å². The molecule has 0 radical (unpaired) electrons. The van der Waals surface area contributed by atoms with Crippen molar-refractivity contribution in [3.63, 3.8) is 0 Å². The Labute approximate surface area is 244 Å². The largest absolute Gasteiger partial charge is 0.478 e. The van der Waals surface area contributed by atoms with E-state index < -0.39 is 35.7 Å². The molecule has 0 fully saturated rings. The Morgan fingerprint density at radius 3 is 1.56 bits per heavy atom. The van der Waals surface area contributed by atoms with Crippen LogP contribution in [0.5, 0.6) is 0 Å². The van der Waals surface area contributed by atoms with E-state index in [2.05, 4.69) is 4.74 Å². The fraction of sp³-hybridized carbons (Fsp3) is 0.0625. The molecular weight excluding hydrogens is 556 g/mol. The number of amides is 2. The SMILES string of the molecule is Cc1ccc(N)cc1.Cc1ccc(N2C(=O)c3ccc(C(=O)O)cc3C2=O)cc1.O=C(O)c1ccc2c(c1)C(=O)OC2=O. The van der Waals surface area contributed by atoms with Gasteiger partial charge in [-0.3, -0.25) is 9.59 Å². The first-order valence-corrected chi connectivity index (χ1v) is 12.7. The van der Waals surface area contributed by atoms with Gasteiger partial charge in [-0.1, -0.05) is 35.4 Å². The molecule has 2 aliphatic rings. The van der Waals surface area contributed by atoms with Gasteiger partial charge in [-0.05, 0) is 74.5 Å². The number of hydrogen-bond donors (Lipinski definition) is 3. The average molecular weight is 581 g/mol. The summed E-state index contributed by atoms with van der Waals surface area (Å²) >= 11 is 0. The Balaban J connectivity index is 0.000000165. The summed E-state index contributed by atoms with van der Waals surface area (Å²) in [5.41, 5.74) is 9.41. The number of ether oxygens (including phenoxy) is 1. The van der Waals surface area contributed by atoms with E-state index in [1.165, 1.54) is 35.9 Å². The Bertz CT molecular complexity index is 1770. The quantitative estimate of drug-likeness (QED) is 0.132. The molecule has 11 heteroatoms. The minimum absolute atomic E-state index is 0.00917. The molecule has 11 nitrogen and oxygen atoms in total. The summed E-state index contributed by atoms with van der Waals surface area (Å²) in [6.07, 6.45) is 0. The van der Waals surface area contributed by atoms with E-state index in [9.17, 15) is 28.8 Å². The summed E-state index contributed by atoms with van der Waals surface area (Å²) in [6, 6.07) is 22.4. The van der Waals surface area contributed by atoms with Crippen LogP contribution in [0.3, 0.4) is 0 Å². The zero-order chi connectivity index (χ0) is 31.4. The molecule has 0 bridgehead atoms.